The third kappa shape index (κ3) is 4.62. The number of benzene rings is 1. The highest BCUT2D eigenvalue weighted by molar-refractivity contribution is 6.31. The van der Waals surface area contributed by atoms with Crippen molar-refractivity contribution in [3.05, 3.63) is 46.6 Å². The Morgan fingerprint density at radius 1 is 1.27 bits per heavy atom. The van der Waals surface area contributed by atoms with Crippen molar-refractivity contribution in [3.8, 4) is 0 Å². The predicted octanol–water partition coefficient (Wildman–Crippen LogP) is 3.91. The molecule has 3 rings (SSSR count). The molecular weight excluding hydrogens is 354 g/mol. The predicted molar refractivity (Wildman–Crippen MR) is 97.7 cm³/mol. The molecule has 0 unspecified atom stereocenters. The third-order valence-corrected chi connectivity index (χ3v) is 5.11. The van der Waals surface area contributed by atoms with Gasteiger partial charge >= 0.3 is 0 Å². The van der Waals surface area contributed by atoms with Crippen molar-refractivity contribution in [2.45, 2.75) is 57.6 Å². The lowest BCUT2D eigenvalue weighted by Crippen LogP contribution is -2.47. The maximum atomic E-state index is 12.5. The van der Waals surface area contributed by atoms with Gasteiger partial charge in [-0.3, -0.25) is 4.79 Å². The van der Waals surface area contributed by atoms with Crippen LogP contribution in [0.3, 0.4) is 0 Å². The molecule has 1 aliphatic carbocycles. The van der Waals surface area contributed by atoms with Crippen LogP contribution in [-0.4, -0.2) is 22.7 Å². The first-order valence-electron chi connectivity index (χ1n) is 9.02. The van der Waals surface area contributed by atoms with Gasteiger partial charge in [-0.2, -0.15) is 4.98 Å². The SMILES string of the molecule is Cc1nc(C2(NC(=O)COCc3ccccc3Cl)CCCCCC2)no1. The maximum Gasteiger partial charge on any atom is 0.246 e. The van der Waals surface area contributed by atoms with Crippen LogP contribution in [-0.2, 0) is 21.7 Å². The number of carbonyl (C=O) groups is 1. The molecule has 1 fully saturated rings. The Hall–Kier alpha value is -1.92. The van der Waals surface area contributed by atoms with E-state index in [1.54, 1.807) is 13.0 Å². The van der Waals surface area contributed by atoms with Crippen molar-refractivity contribution in [2.24, 2.45) is 0 Å². The zero-order valence-electron chi connectivity index (χ0n) is 15.0. The smallest absolute Gasteiger partial charge is 0.246 e. The zero-order chi connectivity index (χ0) is 18.4. The average Bonchev–Trinajstić information content (AvgIpc) is 2.93. The summed E-state index contributed by atoms with van der Waals surface area (Å²) in [5, 5.41) is 7.84. The van der Waals surface area contributed by atoms with E-state index in [9.17, 15) is 4.79 Å². The molecule has 1 heterocycles. The Morgan fingerprint density at radius 3 is 2.65 bits per heavy atom. The Kier molecular flexibility index (Phi) is 6.27. The molecule has 1 N–H and O–H groups in total. The summed E-state index contributed by atoms with van der Waals surface area (Å²) in [4.78, 5) is 16.9. The fraction of sp³-hybridized carbons (Fsp3) is 0.526. The topological polar surface area (TPSA) is 77.2 Å². The quantitative estimate of drug-likeness (QED) is 0.772. The number of nitrogens with one attached hydrogen (secondary N) is 1. The first kappa shape index (κ1) is 18.9. The standard InChI is InChI=1S/C19H24ClN3O3/c1-14-21-18(23-26-14)19(10-6-2-3-7-11-19)22-17(24)13-25-12-15-8-4-5-9-16(15)20/h4-5,8-9H,2-3,6-7,10-13H2,1H3,(H,22,24). The monoisotopic (exact) mass is 377 g/mol. The van der Waals surface area contributed by atoms with Gasteiger partial charge in [0.15, 0.2) is 5.82 Å². The number of rotatable bonds is 6. The van der Waals surface area contributed by atoms with Gasteiger partial charge in [0, 0.05) is 11.9 Å². The molecule has 0 saturated heterocycles. The van der Waals surface area contributed by atoms with Crippen LogP contribution in [0.25, 0.3) is 0 Å². The molecule has 1 aromatic carbocycles. The summed E-state index contributed by atoms with van der Waals surface area (Å²) in [6.07, 6.45) is 5.96. The van der Waals surface area contributed by atoms with Crippen LogP contribution in [0.1, 0.15) is 55.8 Å². The molecule has 0 spiro atoms. The zero-order valence-corrected chi connectivity index (χ0v) is 15.7. The van der Waals surface area contributed by atoms with Gasteiger partial charge in [-0.05, 0) is 24.5 Å². The van der Waals surface area contributed by atoms with Gasteiger partial charge in [0.05, 0.1) is 6.61 Å². The Morgan fingerprint density at radius 2 is 2.00 bits per heavy atom. The van der Waals surface area contributed by atoms with Crippen LogP contribution in [0, 0.1) is 6.92 Å². The number of carbonyl (C=O) groups excluding carboxylic acids is 1. The number of halogens is 1. The van der Waals surface area contributed by atoms with Crippen LogP contribution in [0.4, 0.5) is 0 Å². The molecule has 1 aromatic heterocycles. The van der Waals surface area contributed by atoms with Crippen LogP contribution >= 0.6 is 11.6 Å². The summed E-state index contributed by atoms with van der Waals surface area (Å²) < 4.78 is 10.7. The van der Waals surface area contributed by atoms with Crippen LogP contribution in [0.5, 0.6) is 0 Å². The van der Waals surface area contributed by atoms with Gasteiger partial charge in [0.25, 0.3) is 0 Å². The highest BCUT2D eigenvalue weighted by Crippen LogP contribution is 2.34. The molecule has 0 bridgehead atoms. The second-order valence-corrected chi connectivity index (χ2v) is 7.17. The second-order valence-electron chi connectivity index (χ2n) is 6.77. The van der Waals surface area contributed by atoms with Crippen molar-refractivity contribution >= 4 is 17.5 Å². The molecular formula is C19H24ClN3O3. The van der Waals surface area contributed by atoms with Gasteiger partial charge in [-0.25, -0.2) is 0 Å². The lowest BCUT2D eigenvalue weighted by molar-refractivity contribution is -0.128. The highest BCUT2D eigenvalue weighted by Gasteiger charge is 2.38. The molecule has 0 radical (unpaired) electrons. The summed E-state index contributed by atoms with van der Waals surface area (Å²) in [5.41, 5.74) is 0.291. The Balaban J connectivity index is 1.63. The first-order chi connectivity index (χ1) is 12.6. The van der Waals surface area contributed by atoms with Crippen molar-refractivity contribution in [3.63, 3.8) is 0 Å². The van der Waals surface area contributed by atoms with Gasteiger partial charge in [-0.1, -0.05) is 60.6 Å². The van der Waals surface area contributed by atoms with Crippen LogP contribution in [0.15, 0.2) is 28.8 Å². The molecule has 1 aliphatic rings. The van der Waals surface area contributed by atoms with Crippen molar-refractivity contribution in [1.29, 1.82) is 0 Å². The van der Waals surface area contributed by atoms with Crippen molar-refractivity contribution in [2.75, 3.05) is 6.61 Å². The van der Waals surface area contributed by atoms with Crippen LogP contribution < -0.4 is 5.32 Å². The van der Waals surface area contributed by atoms with Gasteiger partial charge in [0.1, 0.15) is 12.1 Å². The molecule has 7 heteroatoms. The fourth-order valence-electron chi connectivity index (χ4n) is 3.40. The average molecular weight is 378 g/mol. The summed E-state index contributed by atoms with van der Waals surface area (Å²) in [7, 11) is 0. The molecule has 140 valence electrons. The number of amides is 1. The highest BCUT2D eigenvalue weighted by atomic mass is 35.5. The first-order valence-corrected chi connectivity index (χ1v) is 9.40. The van der Waals surface area contributed by atoms with Gasteiger partial charge in [0.2, 0.25) is 11.8 Å². The number of aryl methyl sites for hydroxylation is 1. The number of hydrogen-bond donors (Lipinski definition) is 1. The summed E-state index contributed by atoms with van der Waals surface area (Å²) in [6.45, 7) is 2.01. The van der Waals surface area contributed by atoms with E-state index in [0.29, 0.717) is 23.3 Å². The number of hydrogen-bond acceptors (Lipinski definition) is 5. The van der Waals surface area contributed by atoms with E-state index >= 15 is 0 Å². The maximum absolute atomic E-state index is 12.5. The minimum Gasteiger partial charge on any atom is -0.367 e. The Labute approximate surface area is 158 Å². The van der Waals surface area contributed by atoms with E-state index in [1.165, 1.54) is 0 Å². The minimum absolute atomic E-state index is 0.0379. The van der Waals surface area contributed by atoms with E-state index in [-0.39, 0.29) is 12.5 Å². The second kappa shape index (κ2) is 8.64. The summed E-state index contributed by atoms with van der Waals surface area (Å²) >= 11 is 6.11. The fourth-order valence-corrected chi connectivity index (χ4v) is 3.59. The van der Waals surface area contributed by atoms with E-state index in [0.717, 1.165) is 44.1 Å². The molecule has 0 atom stereocenters. The number of aromatic nitrogens is 2. The van der Waals surface area contributed by atoms with Gasteiger partial charge < -0.3 is 14.6 Å². The van der Waals surface area contributed by atoms with E-state index in [1.807, 2.05) is 18.2 Å². The van der Waals surface area contributed by atoms with Crippen molar-refractivity contribution in [1.82, 2.24) is 15.5 Å². The van der Waals surface area contributed by atoms with Crippen LogP contribution in [0.2, 0.25) is 5.02 Å². The van der Waals surface area contributed by atoms with Crippen molar-refractivity contribution < 1.29 is 14.1 Å². The lowest BCUT2D eigenvalue weighted by Gasteiger charge is -2.30. The molecule has 6 nitrogen and oxygen atoms in total. The number of ether oxygens (including phenoxy) is 1. The largest absolute Gasteiger partial charge is 0.367 e. The molecule has 26 heavy (non-hydrogen) atoms. The van der Waals surface area contributed by atoms with E-state index in [4.69, 9.17) is 20.9 Å². The Bertz CT molecular complexity index is 739. The third-order valence-electron chi connectivity index (χ3n) is 4.74. The summed E-state index contributed by atoms with van der Waals surface area (Å²) in [6, 6.07) is 7.44. The lowest BCUT2D eigenvalue weighted by atomic mass is 9.89. The molecule has 1 saturated carbocycles. The molecule has 2 aromatic rings. The molecule has 0 aliphatic heterocycles. The van der Waals surface area contributed by atoms with E-state index in [2.05, 4.69) is 15.5 Å². The normalized spacial score (nSPS) is 16.8. The summed E-state index contributed by atoms with van der Waals surface area (Å²) in [5.74, 6) is 0.894. The number of nitrogens with zero attached hydrogens (tertiary/aromatic N) is 2. The molecule has 1 amide bonds. The minimum atomic E-state index is -0.570. The van der Waals surface area contributed by atoms with E-state index < -0.39 is 5.54 Å². The van der Waals surface area contributed by atoms with Gasteiger partial charge in [-0.15, -0.1) is 0 Å².